The van der Waals surface area contributed by atoms with Crippen molar-refractivity contribution < 1.29 is 9.84 Å². The fourth-order valence-electron chi connectivity index (χ4n) is 3.68. The summed E-state index contributed by atoms with van der Waals surface area (Å²) in [5, 5.41) is 13.8. The van der Waals surface area contributed by atoms with Crippen LogP contribution in [0.3, 0.4) is 0 Å². The molecule has 4 rings (SSSR count). The highest BCUT2D eigenvalue weighted by Gasteiger charge is 2.40. The van der Waals surface area contributed by atoms with E-state index in [0.717, 1.165) is 30.7 Å². The van der Waals surface area contributed by atoms with Crippen LogP contribution in [0.25, 0.3) is 0 Å². The molecule has 3 heteroatoms. The molecule has 2 aromatic rings. The molecule has 0 radical (unpaired) electrons. The largest absolute Gasteiger partial charge is 0.508 e. The molecule has 1 saturated heterocycles. The number of para-hydroxylation sites is 2. The van der Waals surface area contributed by atoms with Crippen molar-refractivity contribution in [3.8, 4) is 5.75 Å². The van der Waals surface area contributed by atoms with Gasteiger partial charge in [-0.05, 0) is 25.0 Å². The van der Waals surface area contributed by atoms with Crippen LogP contribution >= 0.6 is 0 Å². The molecule has 21 heavy (non-hydrogen) atoms. The van der Waals surface area contributed by atoms with E-state index in [1.165, 1.54) is 5.56 Å². The summed E-state index contributed by atoms with van der Waals surface area (Å²) in [6.45, 7) is 0.822. The Labute approximate surface area is 124 Å². The Bertz CT molecular complexity index is 655. The molecular weight excluding hydrogens is 262 g/mol. The maximum atomic E-state index is 10.2. The second-order valence-electron chi connectivity index (χ2n) is 5.87. The van der Waals surface area contributed by atoms with Crippen LogP contribution in [0.4, 0.5) is 5.69 Å². The number of phenolic OH excluding ortho intramolecular Hbond substituents is 1. The van der Waals surface area contributed by atoms with Crippen LogP contribution in [0, 0.1) is 5.92 Å². The van der Waals surface area contributed by atoms with Crippen molar-refractivity contribution in [1.82, 2.24) is 0 Å². The number of hydrogen-bond acceptors (Lipinski definition) is 3. The second kappa shape index (κ2) is 5.08. The molecule has 2 aliphatic heterocycles. The SMILES string of the molecule is Oc1ccccc1[C@H]1Nc2ccccc2[C@H]2OCCC[C@@H]12. The molecule has 3 atom stereocenters. The first-order chi connectivity index (χ1) is 10.3. The number of hydrogen-bond donors (Lipinski definition) is 2. The minimum absolute atomic E-state index is 0.103. The fraction of sp³-hybridized carbons (Fsp3) is 0.333. The standard InChI is InChI=1S/C18H19NO2/c20-16-10-4-2-7-13(16)17-14-8-5-11-21-18(14)12-6-1-3-9-15(12)19-17/h1-4,6-7,9-10,14,17-20H,5,8,11H2/t14-,17+,18+/m0/s1. The molecule has 2 aliphatic rings. The number of ether oxygens (including phenoxy) is 1. The minimum atomic E-state index is 0.103. The Morgan fingerprint density at radius 2 is 1.76 bits per heavy atom. The Kier molecular flexibility index (Phi) is 3.08. The van der Waals surface area contributed by atoms with E-state index >= 15 is 0 Å². The number of benzene rings is 2. The zero-order valence-corrected chi connectivity index (χ0v) is 11.8. The second-order valence-corrected chi connectivity index (χ2v) is 5.87. The third-order valence-corrected chi connectivity index (χ3v) is 4.65. The summed E-state index contributed by atoms with van der Waals surface area (Å²) in [7, 11) is 0. The van der Waals surface area contributed by atoms with E-state index in [2.05, 4.69) is 23.5 Å². The molecule has 0 saturated carbocycles. The van der Waals surface area contributed by atoms with Gasteiger partial charge < -0.3 is 15.2 Å². The van der Waals surface area contributed by atoms with Gasteiger partial charge in [0.25, 0.3) is 0 Å². The van der Waals surface area contributed by atoms with Gasteiger partial charge in [0.1, 0.15) is 5.75 Å². The first-order valence-corrected chi connectivity index (χ1v) is 7.59. The molecular formula is C18H19NO2. The smallest absolute Gasteiger partial charge is 0.120 e. The van der Waals surface area contributed by atoms with Crippen LogP contribution < -0.4 is 5.32 Å². The van der Waals surface area contributed by atoms with Crippen LogP contribution in [0.1, 0.15) is 36.1 Å². The minimum Gasteiger partial charge on any atom is -0.508 e. The lowest BCUT2D eigenvalue weighted by molar-refractivity contribution is -0.0383. The highest BCUT2D eigenvalue weighted by molar-refractivity contribution is 5.58. The molecule has 0 amide bonds. The average Bonchev–Trinajstić information content (AvgIpc) is 2.55. The van der Waals surface area contributed by atoms with Crippen molar-refractivity contribution in [3.63, 3.8) is 0 Å². The summed E-state index contributed by atoms with van der Waals surface area (Å²) in [4.78, 5) is 0. The molecule has 3 nitrogen and oxygen atoms in total. The Hall–Kier alpha value is -2.00. The maximum absolute atomic E-state index is 10.2. The highest BCUT2D eigenvalue weighted by atomic mass is 16.5. The van der Waals surface area contributed by atoms with Gasteiger partial charge in [0, 0.05) is 29.3 Å². The first kappa shape index (κ1) is 12.7. The van der Waals surface area contributed by atoms with E-state index in [0.29, 0.717) is 11.7 Å². The molecule has 0 aromatic heterocycles. The van der Waals surface area contributed by atoms with Crippen molar-refractivity contribution in [1.29, 1.82) is 0 Å². The van der Waals surface area contributed by atoms with Crippen molar-refractivity contribution in [3.05, 3.63) is 59.7 Å². The van der Waals surface area contributed by atoms with Crippen LogP contribution in [0.2, 0.25) is 0 Å². The Balaban J connectivity index is 1.80. The summed E-state index contributed by atoms with van der Waals surface area (Å²) >= 11 is 0. The van der Waals surface area contributed by atoms with Crippen molar-refractivity contribution in [2.24, 2.45) is 5.92 Å². The average molecular weight is 281 g/mol. The molecule has 0 bridgehead atoms. The van der Waals surface area contributed by atoms with Gasteiger partial charge in [-0.25, -0.2) is 0 Å². The van der Waals surface area contributed by atoms with Gasteiger partial charge in [0.05, 0.1) is 12.1 Å². The maximum Gasteiger partial charge on any atom is 0.120 e. The molecule has 1 fully saturated rings. The number of rotatable bonds is 1. The zero-order chi connectivity index (χ0) is 14.2. The number of phenols is 1. The van der Waals surface area contributed by atoms with Gasteiger partial charge in [-0.3, -0.25) is 0 Å². The lowest BCUT2D eigenvalue weighted by Crippen LogP contribution is -2.35. The summed E-state index contributed by atoms with van der Waals surface area (Å²) in [6.07, 6.45) is 2.32. The predicted molar refractivity (Wildman–Crippen MR) is 82.3 cm³/mol. The zero-order valence-electron chi connectivity index (χ0n) is 11.8. The Morgan fingerprint density at radius 1 is 1.00 bits per heavy atom. The molecule has 2 aromatic carbocycles. The van der Waals surface area contributed by atoms with Gasteiger partial charge >= 0.3 is 0 Å². The third kappa shape index (κ3) is 2.09. The molecule has 2 heterocycles. The molecule has 0 spiro atoms. The lowest BCUT2D eigenvalue weighted by atomic mass is 9.77. The van der Waals surface area contributed by atoms with Crippen LogP contribution in [0.5, 0.6) is 5.75 Å². The van der Waals surface area contributed by atoms with Gasteiger partial charge in [-0.2, -0.15) is 0 Å². The molecule has 0 unspecified atom stereocenters. The third-order valence-electron chi connectivity index (χ3n) is 4.65. The summed E-state index contributed by atoms with van der Waals surface area (Å²) in [6, 6.07) is 16.1. The van der Waals surface area contributed by atoms with E-state index in [1.807, 2.05) is 24.3 Å². The van der Waals surface area contributed by atoms with E-state index in [1.54, 1.807) is 6.07 Å². The topological polar surface area (TPSA) is 41.5 Å². The number of nitrogens with one attached hydrogen (secondary N) is 1. The van der Waals surface area contributed by atoms with Gasteiger partial charge in [-0.1, -0.05) is 36.4 Å². The highest BCUT2D eigenvalue weighted by Crippen LogP contribution is 2.50. The monoisotopic (exact) mass is 281 g/mol. The van der Waals surface area contributed by atoms with Crippen molar-refractivity contribution in [2.45, 2.75) is 25.0 Å². The summed E-state index contributed by atoms with van der Waals surface area (Å²) < 4.78 is 6.08. The quantitative estimate of drug-likeness (QED) is 0.829. The van der Waals surface area contributed by atoms with Gasteiger partial charge in [0.2, 0.25) is 0 Å². The number of fused-ring (bicyclic) bond motifs is 3. The van der Waals surface area contributed by atoms with Crippen LogP contribution in [-0.2, 0) is 4.74 Å². The lowest BCUT2D eigenvalue weighted by Gasteiger charge is -2.43. The summed E-state index contributed by atoms with van der Waals surface area (Å²) in [5.41, 5.74) is 3.33. The molecule has 2 N–H and O–H groups in total. The van der Waals surface area contributed by atoms with Crippen molar-refractivity contribution >= 4 is 5.69 Å². The van der Waals surface area contributed by atoms with E-state index < -0.39 is 0 Å². The first-order valence-electron chi connectivity index (χ1n) is 7.59. The summed E-state index contributed by atoms with van der Waals surface area (Å²) in [5.74, 6) is 0.723. The van der Waals surface area contributed by atoms with Crippen LogP contribution in [-0.4, -0.2) is 11.7 Å². The van der Waals surface area contributed by atoms with E-state index in [4.69, 9.17) is 4.74 Å². The fourth-order valence-corrected chi connectivity index (χ4v) is 3.68. The van der Waals surface area contributed by atoms with E-state index in [-0.39, 0.29) is 12.1 Å². The van der Waals surface area contributed by atoms with E-state index in [9.17, 15) is 5.11 Å². The Morgan fingerprint density at radius 3 is 2.62 bits per heavy atom. The predicted octanol–water partition coefficient (Wildman–Crippen LogP) is 4.03. The molecule has 0 aliphatic carbocycles. The van der Waals surface area contributed by atoms with Crippen molar-refractivity contribution in [2.75, 3.05) is 11.9 Å². The van der Waals surface area contributed by atoms with Gasteiger partial charge in [-0.15, -0.1) is 0 Å². The molecule has 108 valence electrons. The number of anilines is 1. The van der Waals surface area contributed by atoms with Crippen LogP contribution in [0.15, 0.2) is 48.5 Å². The van der Waals surface area contributed by atoms with Gasteiger partial charge in [0.15, 0.2) is 0 Å². The normalized spacial score (nSPS) is 27.3. The number of aromatic hydroxyl groups is 1.